The molecule has 0 saturated carbocycles. The molecule has 4 aromatic carbocycles. The Morgan fingerprint density at radius 3 is 2.42 bits per heavy atom. The minimum Gasteiger partial charge on any atom is -0.459 e. The van der Waals surface area contributed by atoms with Crippen LogP contribution >= 0.6 is 0 Å². The molecule has 0 spiro atoms. The minimum absolute atomic E-state index is 0.0433. The van der Waals surface area contributed by atoms with Crippen LogP contribution in [0.5, 0.6) is 5.75 Å². The molecule has 1 N–H and O–H groups in total. The summed E-state index contributed by atoms with van der Waals surface area (Å²) in [4.78, 5) is 27.7. The van der Waals surface area contributed by atoms with E-state index in [4.69, 9.17) is 19.2 Å². The molecule has 1 amide bonds. The van der Waals surface area contributed by atoms with Crippen LogP contribution in [0.15, 0.2) is 134 Å². The summed E-state index contributed by atoms with van der Waals surface area (Å²) in [5.74, 6) is 1.44. The quantitative estimate of drug-likeness (QED) is 0.212. The second-order valence-electron chi connectivity index (χ2n) is 9.92. The van der Waals surface area contributed by atoms with E-state index in [9.17, 15) is 4.79 Å². The Bertz CT molecular complexity index is 1920. The zero-order valence-electron chi connectivity index (χ0n) is 23.0. The van der Waals surface area contributed by atoms with Gasteiger partial charge in [-0.25, -0.2) is 14.7 Å². The fraction of sp³-hybridized carbons (Fsp3) is 0.0571. The number of carbonyl (C=O) groups is 1. The van der Waals surface area contributed by atoms with Crippen LogP contribution in [0.2, 0.25) is 0 Å². The van der Waals surface area contributed by atoms with Gasteiger partial charge in [0.05, 0.1) is 17.9 Å². The first-order valence-corrected chi connectivity index (χ1v) is 13.8. The van der Waals surface area contributed by atoms with Gasteiger partial charge in [-0.3, -0.25) is 4.98 Å². The van der Waals surface area contributed by atoms with Crippen molar-refractivity contribution in [3.05, 3.63) is 139 Å². The van der Waals surface area contributed by atoms with Crippen molar-refractivity contribution in [2.24, 2.45) is 0 Å². The molecule has 0 fully saturated rings. The molecule has 1 aliphatic heterocycles. The molecule has 8 nitrogen and oxygen atoms in total. The highest BCUT2D eigenvalue weighted by molar-refractivity contribution is 6.00. The molecule has 1 aliphatic rings. The van der Waals surface area contributed by atoms with E-state index in [0.717, 1.165) is 50.2 Å². The molecule has 6 aromatic rings. The monoisotopic (exact) mass is 566 g/mol. The van der Waals surface area contributed by atoms with Crippen molar-refractivity contribution in [3.63, 3.8) is 0 Å². The van der Waals surface area contributed by atoms with Crippen LogP contribution in [0, 0.1) is 0 Å². The number of benzene rings is 4. The van der Waals surface area contributed by atoms with Gasteiger partial charge in [0.15, 0.2) is 0 Å². The smallest absolute Gasteiger partial charge is 0.422 e. The van der Waals surface area contributed by atoms with Crippen molar-refractivity contribution in [1.29, 1.82) is 0 Å². The number of H-pyrrole nitrogens is 1. The first-order valence-electron chi connectivity index (χ1n) is 13.8. The van der Waals surface area contributed by atoms with Crippen molar-refractivity contribution in [1.82, 2.24) is 19.9 Å². The Morgan fingerprint density at radius 2 is 1.65 bits per heavy atom. The third kappa shape index (κ3) is 5.41. The summed E-state index contributed by atoms with van der Waals surface area (Å²) in [5.41, 5.74) is 5.42. The Hall–Kier alpha value is -5.89. The van der Waals surface area contributed by atoms with E-state index >= 15 is 0 Å². The number of ether oxygens (including phenoxy) is 3. The van der Waals surface area contributed by atoms with E-state index < -0.39 is 6.09 Å². The maximum absolute atomic E-state index is 13.5. The van der Waals surface area contributed by atoms with Gasteiger partial charge in [0.25, 0.3) is 0 Å². The van der Waals surface area contributed by atoms with Gasteiger partial charge in [0.2, 0.25) is 12.7 Å². The lowest BCUT2D eigenvalue weighted by atomic mass is 9.99. The number of fused-ring (bicyclic) bond motifs is 1. The van der Waals surface area contributed by atoms with Gasteiger partial charge in [-0.1, -0.05) is 84.9 Å². The molecule has 0 atom stereocenters. The van der Waals surface area contributed by atoms with Crippen LogP contribution in [-0.2, 0) is 16.0 Å². The molecule has 0 aliphatic carbocycles. The molecule has 43 heavy (non-hydrogen) atoms. The summed E-state index contributed by atoms with van der Waals surface area (Å²) >= 11 is 0. The van der Waals surface area contributed by atoms with E-state index in [2.05, 4.69) is 9.97 Å². The van der Waals surface area contributed by atoms with Crippen LogP contribution in [0.3, 0.4) is 0 Å². The first kappa shape index (κ1) is 26.0. The largest absolute Gasteiger partial charge is 0.459 e. The molecular formula is C35H26N4O4. The average Bonchev–Trinajstić information content (AvgIpc) is 3.76. The van der Waals surface area contributed by atoms with E-state index in [1.54, 1.807) is 18.5 Å². The summed E-state index contributed by atoms with van der Waals surface area (Å²) in [7, 11) is 0. The fourth-order valence-corrected chi connectivity index (χ4v) is 5.08. The number of aromatic nitrogens is 3. The van der Waals surface area contributed by atoms with Crippen molar-refractivity contribution < 1.29 is 19.0 Å². The van der Waals surface area contributed by atoms with E-state index in [0.29, 0.717) is 11.6 Å². The summed E-state index contributed by atoms with van der Waals surface area (Å²) < 4.78 is 16.7. The third-order valence-corrected chi connectivity index (χ3v) is 7.16. The zero-order valence-corrected chi connectivity index (χ0v) is 23.0. The van der Waals surface area contributed by atoms with Crippen molar-refractivity contribution in [3.8, 4) is 39.7 Å². The van der Waals surface area contributed by atoms with Crippen molar-refractivity contribution in [2.45, 2.75) is 6.54 Å². The highest BCUT2D eigenvalue weighted by Crippen LogP contribution is 2.37. The lowest BCUT2D eigenvalue weighted by Crippen LogP contribution is -2.32. The molecule has 2 aromatic heterocycles. The van der Waals surface area contributed by atoms with Crippen molar-refractivity contribution in [2.75, 3.05) is 6.79 Å². The number of hydrogen-bond donors (Lipinski definition) is 1. The number of hydrogen-bond acceptors (Lipinski definition) is 6. The van der Waals surface area contributed by atoms with Gasteiger partial charge >= 0.3 is 6.09 Å². The van der Waals surface area contributed by atoms with Gasteiger partial charge in [-0.05, 0) is 40.6 Å². The standard InChI is InChI=1S/C35H26N4O4/c40-35(39(31-22-41-23-42-31)21-24-8-3-1-4-9-24)43-28-15-14-25-12-7-13-29(30(25)20-28)33-32(26-16-18-36-19-17-26)37-34(38-33)27-10-5-2-6-11-27/h1-20,22H,21,23H2,(H,37,38). The van der Waals surface area contributed by atoms with Crippen LogP contribution < -0.4 is 4.74 Å². The Balaban J connectivity index is 1.27. The van der Waals surface area contributed by atoms with Crippen LogP contribution in [-0.4, -0.2) is 32.7 Å². The van der Waals surface area contributed by atoms with Crippen LogP contribution in [0.25, 0.3) is 44.7 Å². The van der Waals surface area contributed by atoms with Gasteiger partial charge in [0.1, 0.15) is 17.8 Å². The SMILES string of the molecule is O=C(Oc1ccc2cccc(-c3nc(-c4ccccc4)[nH]c3-c3ccncc3)c2c1)N(Cc1ccccc1)C1=COCO1. The Labute approximate surface area is 247 Å². The van der Waals surface area contributed by atoms with Crippen LogP contribution in [0.1, 0.15) is 5.56 Å². The number of rotatable bonds is 7. The van der Waals surface area contributed by atoms with Gasteiger partial charge in [-0.15, -0.1) is 0 Å². The molecule has 0 saturated heterocycles. The first-order chi connectivity index (χ1) is 21.2. The maximum atomic E-state index is 13.5. The summed E-state index contributed by atoms with van der Waals surface area (Å²) in [5, 5.41) is 1.88. The predicted octanol–water partition coefficient (Wildman–Crippen LogP) is 7.76. The highest BCUT2D eigenvalue weighted by atomic mass is 16.7. The fourth-order valence-electron chi connectivity index (χ4n) is 5.08. The summed E-state index contributed by atoms with van der Waals surface area (Å²) in [6.45, 7) is 0.306. The summed E-state index contributed by atoms with van der Waals surface area (Å²) in [6.07, 6.45) is 4.36. The Morgan fingerprint density at radius 1 is 0.860 bits per heavy atom. The van der Waals surface area contributed by atoms with Gasteiger partial charge in [0, 0.05) is 29.1 Å². The van der Waals surface area contributed by atoms with E-state index in [1.165, 1.54) is 11.2 Å². The number of carbonyl (C=O) groups excluding carboxylic acids is 1. The van der Waals surface area contributed by atoms with E-state index in [1.807, 2.05) is 103 Å². The predicted molar refractivity (Wildman–Crippen MR) is 163 cm³/mol. The molecule has 0 radical (unpaired) electrons. The highest BCUT2D eigenvalue weighted by Gasteiger charge is 2.26. The van der Waals surface area contributed by atoms with Crippen molar-refractivity contribution >= 4 is 16.9 Å². The number of aromatic amines is 1. The molecule has 0 unspecified atom stereocenters. The number of imidazole rings is 1. The minimum atomic E-state index is -0.582. The molecule has 7 rings (SSSR count). The zero-order chi connectivity index (χ0) is 29.0. The normalized spacial score (nSPS) is 12.3. The Kier molecular flexibility index (Phi) is 6.99. The molecule has 3 heterocycles. The van der Waals surface area contributed by atoms with Gasteiger partial charge < -0.3 is 19.2 Å². The lowest BCUT2D eigenvalue weighted by Gasteiger charge is -2.21. The van der Waals surface area contributed by atoms with Gasteiger partial charge in [-0.2, -0.15) is 0 Å². The number of nitrogens with one attached hydrogen (secondary N) is 1. The van der Waals surface area contributed by atoms with E-state index in [-0.39, 0.29) is 13.3 Å². The second-order valence-corrected chi connectivity index (χ2v) is 9.92. The summed E-state index contributed by atoms with van der Waals surface area (Å²) in [6, 6.07) is 35.2. The number of nitrogens with zero attached hydrogens (tertiary/aromatic N) is 3. The topological polar surface area (TPSA) is 89.6 Å². The lowest BCUT2D eigenvalue weighted by molar-refractivity contribution is 0.0483. The molecule has 210 valence electrons. The molecular weight excluding hydrogens is 540 g/mol. The number of pyridine rings is 1. The average molecular weight is 567 g/mol. The maximum Gasteiger partial charge on any atom is 0.422 e. The van der Waals surface area contributed by atoms with Crippen LogP contribution in [0.4, 0.5) is 4.79 Å². The molecule has 8 heteroatoms. The molecule has 0 bridgehead atoms. The second kappa shape index (κ2) is 11.5. The third-order valence-electron chi connectivity index (χ3n) is 7.16. The number of amides is 1.